The van der Waals surface area contributed by atoms with E-state index in [0.29, 0.717) is 5.69 Å². The Bertz CT molecular complexity index is 707. The molecule has 1 aromatic carbocycles. The zero-order valence-corrected chi connectivity index (χ0v) is 13.0. The van der Waals surface area contributed by atoms with Crippen LogP contribution in [-0.2, 0) is 15.0 Å². The summed E-state index contributed by atoms with van der Waals surface area (Å²) in [6.07, 6.45) is 6.22. The Labute approximate surface area is 135 Å². The standard InChI is InChI=1S/C18H19N3O2/c1-13(22)20-15-5-7-16(8-6-15)21-17(23)18(9-3-10-18)14-4-2-11-19-12-14/h2,4-8,11-12H,3,9-10H2,1H3,(H,20,22)(H,21,23). The first-order valence-corrected chi connectivity index (χ1v) is 7.70. The molecule has 0 atom stereocenters. The molecule has 0 aliphatic heterocycles. The van der Waals surface area contributed by atoms with Gasteiger partial charge in [0.05, 0.1) is 5.41 Å². The van der Waals surface area contributed by atoms with Crippen molar-refractivity contribution in [2.45, 2.75) is 31.6 Å². The molecule has 1 aliphatic carbocycles. The van der Waals surface area contributed by atoms with E-state index in [1.807, 2.05) is 12.1 Å². The summed E-state index contributed by atoms with van der Waals surface area (Å²) in [5.41, 5.74) is 1.93. The van der Waals surface area contributed by atoms with Crippen molar-refractivity contribution in [3.05, 3.63) is 54.4 Å². The third kappa shape index (κ3) is 3.08. The number of rotatable bonds is 4. The van der Waals surface area contributed by atoms with E-state index in [-0.39, 0.29) is 11.8 Å². The molecule has 23 heavy (non-hydrogen) atoms. The van der Waals surface area contributed by atoms with Gasteiger partial charge in [0, 0.05) is 30.7 Å². The van der Waals surface area contributed by atoms with Crippen molar-refractivity contribution in [1.29, 1.82) is 0 Å². The summed E-state index contributed by atoms with van der Waals surface area (Å²) in [5, 5.41) is 5.69. The number of hydrogen-bond donors (Lipinski definition) is 2. The van der Waals surface area contributed by atoms with Gasteiger partial charge in [-0.15, -0.1) is 0 Å². The maximum absolute atomic E-state index is 12.8. The molecule has 1 aromatic heterocycles. The minimum absolute atomic E-state index is 0.00373. The quantitative estimate of drug-likeness (QED) is 0.911. The predicted octanol–water partition coefficient (Wildman–Crippen LogP) is 3.10. The molecule has 1 aliphatic rings. The fraction of sp³-hybridized carbons (Fsp3) is 0.278. The zero-order valence-electron chi connectivity index (χ0n) is 13.0. The van der Waals surface area contributed by atoms with Crippen LogP contribution in [0.3, 0.4) is 0 Å². The van der Waals surface area contributed by atoms with Gasteiger partial charge < -0.3 is 10.6 Å². The first-order chi connectivity index (χ1) is 11.1. The van der Waals surface area contributed by atoms with Gasteiger partial charge in [0.25, 0.3) is 0 Å². The lowest BCUT2D eigenvalue weighted by Crippen LogP contribution is -2.46. The van der Waals surface area contributed by atoms with Gasteiger partial charge in [-0.1, -0.05) is 12.5 Å². The third-order valence-corrected chi connectivity index (χ3v) is 4.32. The minimum atomic E-state index is -0.468. The Hall–Kier alpha value is -2.69. The van der Waals surface area contributed by atoms with Gasteiger partial charge in [0.1, 0.15) is 0 Å². The maximum Gasteiger partial charge on any atom is 0.235 e. The van der Waals surface area contributed by atoms with Crippen molar-refractivity contribution in [3.8, 4) is 0 Å². The highest BCUT2D eigenvalue weighted by atomic mass is 16.2. The summed E-state index contributed by atoms with van der Waals surface area (Å²) >= 11 is 0. The van der Waals surface area contributed by atoms with Crippen LogP contribution in [0.5, 0.6) is 0 Å². The Morgan fingerprint density at radius 2 is 1.70 bits per heavy atom. The van der Waals surface area contributed by atoms with Crippen molar-refractivity contribution in [1.82, 2.24) is 4.98 Å². The topological polar surface area (TPSA) is 71.1 Å². The third-order valence-electron chi connectivity index (χ3n) is 4.32. The van der Waals surface area contributed by atoms with Crippen LogP contribution in [-0.4, -0.2) is 16.8 Å². The number of aromatic nitrogens is 1. The Morgan fingerprint density at radius 3 is 2.17 bits per heavy atom. The van der Waals surface area contributed by atoms with Crippen LogP contribution in [0.15, 0.2) is 48.8 Å². The largest absolute Gasteiger partial charge is 0.326 e. The lowest BCUT2D eigenvalue weighted by atomic mass is 9.64. The monoisotopic (exact) mass is 309 g/mol. The first kappa shape index (κ1) is 15.2. The summed E-state index contributed by atoms with van der Waals surface area (Å²) in [5.74, 6) is -0.115. The second-order valence-corrected chi connectivity index (χ2v) is 5.89. The highest BCUT2D eigenvalue weighted by Crippen LogP contribution is 2.44. The van der Waals surface area contributed by atoms with E-state index in [4.69, 9.17) is 0 Å². The van der Waals surface area contributed by atoms with E-state index in [1.165, 1.54) is 6.92 Å². The molecule has 0 spiro atoms. The number of amides is 2. The summed E-state index contributed by atoms with van der Waals surface area (Å²) in [6.45, 7) is 1.46. The van der Waals surface area contributed by atoms with Crippen LogP contribution in [0.4, 0.5) is 11.4 Å². The second kappa shape index (κ2) is 6.20. The fourth-order valence-corrected chi connectivity index (χ4v) is 2.91. The molecule has 0 radical (unpaired) electrons. The Balaban J connectivity index is 1.74. The van der Waals surface area contributed by atoms with Crippen molar-refractivity contribution in [2.75, 3.05) is 10.6 Å². The normalized spacial score (nSPS) is 15.3. The molecular formula is C18H19N3O2. The summed E-state index contributed by atoms with van der Waals surface area (Å²) < 4.78 is 0. The molecule has 1 fully saturated rings. The summed E-state index contributed by atoms with van der Waals surface area (Å²) in [7, 11) is 0. The molecule has 0 saturated heterocycles. The van der Waals surface area contributed by atoms with E-state index in [1.54, 1.807) is 36.7 Å². The second-order valence-electron chi connectivity index (χ2n) is 5.89. The highest BCUT2D eigenvalue weighted by molar-refractivity contribution is 6.00. The molecule has 2 N–H and O–H groups in total. The summed E-state index contributed by atoms with van der Waals surface area (Å²) in [4.78, 5) is 27.9. The molecule has 1 saturated carbocycles. The van der Waals surface area contributed by atoms with Crippen molar-refractivity contribution in [2.24, 2.45) is 0 Å². The number of benzene rings is 1. The van der Waals surface area contributed by atoms with Gasteiger partial charge in [-0.3, -0.25) is 14.6 Å². The smallest absolute Gasteiger partial charge is 0.235 e. The maximum atomic E-state index is 12.8. The Morgan fingerprint density at radius 1 is 1.04 bits per heavy atom. The average molecular weight is 309 g/mol. The van der Waals surface area contributed by atoms with Gasteiger partial charge in [-0.2, -0.15) is 0 Å². The SMILES string of the molecule is CC(=O)Nc1ccc(NC(=O)C2(c3cccnc3)CCC2)cc1. The first-order valence-electron chi connectivity index (χ1n) is 7.70. The molecule has 2 amide bonds. The van der Waals surface area contributed by atoms with Gasteiger partial charge in [0.15, 0.2) is 0 Å². The highest BCUT2D eigenvalue weighted by Gasteiger charge is 2.45. The van der Waals surface area contributed by atoms with E-state index in [9.17, 15) is 9.59 Å². The minimum Gasteiger partial charge on any atom is -0.326 e. The molecular weight excluding hydrogens is 290 g/mol. The predicted molar refractivity (Wildman–Crippen MR) is 89.1 cm³/mol. The van der Waals surface area contributed by atoms with Crippen LogP contribution in [0.2, 0.25) is 0 Å². The van der Waals surface area contributed by atoms with Crippen LogP contribution < -0.4 is 10.6 Å². The van der Waals surface area contributed by atoms with Crippen molar-refractivity contribution < 1.29 is 9.59 Å². The van der Waals surface area contributed by atoms with E-state index in [2.05, 4.69) is 15.6 Å². The molecule has 5 heteroatoms. The lowest BCUT2D eigenvalue weighted by molar-refractivity contribution is -0.124. The van der Waals surface area contributed by atoms with Gasteiger partial charge in [-0.05, 0) is 48.7 Å². The van der Waals surface area contributed by atoms with E-state index in [0.717, 1.165) is 30.5 Å². The van der Waals surface area contributed by atoms with Gasteiger partial charge in [-0.25, -0.2) is 0 Å². The van der Waals surface area contributed by atoms with Crippen molar-refractivity contribution >= 4 is 23.2 Å². The Kier molecular flexibility index (Phi) is 4.10. The molecule has 5 nitrogen and oxygen atoms in total. The molecule has 118 valence electrons. The number of anilines is 2. The zero-order chi connectivity index (χ0) is 16.3. The molecule has 0 unspecified atom stereocenters. The van der Waals surface area contributed by atoms with E-state index < -0.39 is 5.41 Å². The van der Waals surface area contributed by atoms with Crippen LogP contribution in [0, 0.1) is 0 Å². The number of carbonyl (C=O) groups is 2. The molecule has 1 heterocycles. The summed E-state index contributed by atoms with van der Waals surface area (Å²) in [6, 6.07) is 11.0. The average Bonchev–Trinajstić information content (AvgIpc) is 2.49. The van der Waals surface area contributed by atoms with E-state index >= 15 is 0 Å². The van der Waals surface area contributed by atoms with Crippen LogP contribution in [0.1, 0.15) is 31.7 Å². The fourth-order valence-electron chi connectivity index (χ4n) is 2.91. The van der Waals surface area contributed by atoms with Gasteiger partial charge >= 0.3 is 0 Å². The lowest BCUT2D eigenvalue weighted by Gasteiger charge is -2.40. The number of hydrogen-bond acceptors (Lipinski definition) is 3. The van der Waals surface area contributed by atoms with Crippen LogP contribution in [0.25, 0.3) is 0 Å². The number of pyridine rings is 1. The number of carbonyl (C=O) groups excluding carboxylic acids is 2. The molecule has 2 aromatic rings. The van der Waals surface area contributed by atoms with Crippen molar-refractivity contribution in [3.63, 3.8) is 0 Å². The molecule has 0 bridgehead atoms. The number of nitrogens with zero attached hydrogens (tertiary/aromatic N) is 1. The number of nitrogens with one attached hydrogen (secondary N) is 2. The van der Waals surface area contributed by atoms with Crippen LogP contribution >= 0.6 is 0 Å². The van der Waals surface area contributed by atoms with Gasteiger partial charge in [0.2, 0.25) is 11.8 Å². The molecule has 3 rings (SSSR count).